The first-order valence-corrected chi connectivity index (χ1v) is 9.52. The number of benzene rings is 1. The molecule has 0 atom stereocenters. The van der Waals surface area contributed by atoms with Crippen molar-refractivity contribution in [3.05, 3.63) is 42.0 Å². The van der Waals surface area contributed by atoms with Gasteiger partial charge < -0.3 is 9.80 Å². The molecule has 4 heteroatoms. The van der Waals surface area contributed by atoms with Gasteiger partial charge in [-0.1, -0.05) is 55.3 Å². The maximum Gasteiger partial charge on any atom is 0.225 e. The van der Waals surface area contributed by atoms with Crippen LogP contribution in [0.15, 0.2) is 36.4 Å². The summed E-state index contributed by atoms with van der Waals surface area (Å²) in [6.45, 7) is 2.75. The SMILES string of the molecule is O=C(CCC=Cc1ccccc1)N1CCN(C(=O)C2CCCC2)CC1. The molecule has 1 aromatic carbocycles. The normalized spacial score (nSPS) is 18.9. The highest BCUT2D eigenvalue weighted by Crippen LogP contribution is 2.27. The molecule has 4 nitrogen and oxygen atoms in total. The highest BCUT2D eigenvalue weighted by molar-refractivity contribution is 5.80. The molecule has 1 heterocycles. The van der Waals surface area contributed by atoms with Gasteiger partial charge >= 0.3 is 0 Å². The zero-order valence-electron chi connectivity index (χ0n) is 14.9. The molecule has 0 N–H and O–H groups in total. The monoisotopic (exact) mass is 340 g/mol. The van der Waals surface area contributed by atoms with Gasteiger partial charge in [0, 0.05) is 38.5 Å². The third-order valence-corrected chi connectivity index (χ3v) is 5.28. The molecule has 0 radical (unpaired) electrons. The average molecular weight is 340 g/mol. The van der Waals surface area contributed by atoms with E-state index in [9.17, 15) is 9.59 Å². The summed E-state index contributed by atoms with van der Waals surface area (Å²) >= 11 is 0. The van der Waals surface area contributed by atoms with Gasteiger partial charge in [0.2, 0.25) is 11.8 Å². The van der Waals surface area contributed by atoms with Gasteiger partial charge in [-0.25, -0.2) is 0 Å². The van der Waals surface area contributed by atoms with Crippen molar-refractivity contribution in [2.75, 3.05) is 26.2 Å². The van der Waals surface area contributed by atoms with Crippen LogP contribution in [-0.4, -0.2) is 47.8 Å². The summed E-state index contributed by atoms with van der Waals surface area (Å²) in [5.41, 5.74) is 1.16. The lowest BCUT2D eigenvalue weighted by Crippen LogP contribution is -2.51. The molecular formula is C21H28N2O2. The summed E-state index contributed by atoms with van der Waals surface area (Å²) in [5, 5.41) is 0. The molecule has 2 fully saturated rings. The predicted octanol–water partition coefficient (Wildman–Crippen LogP) is 3.34. The number of carbonyl (C=O) groups is 2. The largest absolute Gasteiger partial charge is 0.339 e. The fraction of sp³-hybridized carbons (Fsp3) is 0.524. The number of hydrogen-bond acceptors (Lipinski definition) is 2. The van der Waals surface area contributed by atoms with E-state index in [1.165, 1.54) is 12.8 Å². The maximum absolute atomic E-state index is 12.4. The van der Waals surface area contributed by atoms with E-state index >= 15 is 0 Å². The molecule has 1 saturated carbocycles. The highest BCUT2D eigenvalue weighted by Gasteiger charge is 2.30. The Labute approximate surface area is 150 Å². The predicted molar refractivity (Wildman–Crippen MR) is 99.8 cm³/mol. The van der Waals surface area contributed by atoms with Crippen LogP contribution in [0.2, 0.25) is 0 Å². The number of hydrogen-bond donors (Lipinski definition) is 0. The fourth-order valence-corrected chi connectivity index (χ4v) is 3.76. The molecule has 0 bridgehead atoms. The first-order chi connectivity index (χ1) is 12.2. The third kappa shape index (κ3) is 4.94. The van der Waals surface area contributed by atoms with E-state index in [0.29, 0.717) is 38.5 Å². The maximum atomic E-state index is 12.4. The second-order valence-electron chi connectivity index (χ2n) is 7.04. The number of allylic oxidation sites excluding steroid dienone is 1. The minimum atomic E-state index is 0.200. The third-order valence-electron chi connectivity index (χ3n) is 5.28. The molecule has 0 unspecified atom stereocenters. The molecule has 3 rings (SSSR count). The van der Waals surface area contributed by atoms with Crippen LogP contribution in [-0.2, 0) is 9.59 Å². The van der Waals surface area contributed by atoms with Crippen molar-refractivity contribution in [3.8, 4) is 0 Å². The minimum absolute atomic E-state index is 0.200. The molecule has 1 aliphatic carbocycles. The number of carbonyl (C=O) groups excluding carboxylic acids is 2. The summed E-state index contributed by atoms with van der Waals surface area (Å²) in [6, 6.07) is 10.1. The van der Waals surface area contributed by atoms with Crippen LogP contribution in [0.4, 0.5) is 0 Å². The molecule has 2 aliphatic rings. The van der Waals surface area contributed by atoms with E-state index in [1.54, 1.807) is 0 Å². The van der Waals surface area contributed by atoms with E-state index < -0.39 is 0 Å². The van der Waals surface area contributed by atoms with Gasteiger partial charge in [-0.2, -0.15) is 0 Å². The van der Waals surface area contributed by atoms with Crippen molar-refractivity contribution < 1.29 is 9.59 Å². The Morgan fingerprint density at radius 2 is 1.60 bits per heavy atom. The van der Waals surface area contributed by atoms with E-state index in [0.717, 1.165) is 24.8 Å². The number of amides is 2. The quantitative estimate of drug-likeness (QED) is 0.825. The van der Waals surface area contributed by atoms with Crippen molar-refractivity contribution in [1.29, 1.82) is 0 Å². The molecule has 134 valence electrons. The summed E-state index contributed by atoms with van der Waals surface area (Å²) in [7, 11) is 0. The smallest absolute Gasteiger partial charge is 0.225 e. The van der Waals surface area contributed by atoms with E-state index in [4.69, 9.17) is 0 Å². The van der Waals surface area contributed by atoms with E-state index in [1.807, 2.05) is 28.0 Å². The molecule has 25 heavy (non-hydrogen) atoms. The van der Waals surface area contributed by atoms with Crippen LogP contribution in [0.5, 0.6) is 0 Å². The van der Waals surface area contributed by atoms with Gasteiger partial charge in [-0.15, -0.1) is 0 Å². The van der Waals surface area contributed by atoms with Crippen molar-refractivity contribution in [2.24, 2.45) is 5.92 Å². The van der Waals surface area contributed by atoms with Crippen LogP contribution >= 0.6 is 0 Å². The fourth-order valence-electron chi connectivity index (χ4n) is 3.76. The van der Waals surface area contributed by atoms with Crippen LogP contribution < -0.4 is 0 Å². The zero-order valence-corrected chi connectivity index (χ0v) is 14.9. The van der Waals surface area contributed by atoms with Gasteiger partial charge in [0.05, 0.1) is 0 Å². The lowest BCUT2D eigenvalue weighted by molar-refractivity contribution is -0.142. The lowest BCUT2D eigenvalue weighted by atomic mass is 10.1. The summed E-state index contributed by atoms with van der Waals surface area (Å²) in [4.78, 5) is 28.6. The van der Waals surface area contributed by atoms with E-state index in [2.05, 4.69) is 24.3 Å². The average Bonchev–Trinajstić information content (AvgIpc) is 3.20. The Kier molecular flexibility index (Phi) is 6.26. The van der Waals surface area contributed by atoms with Crippen molar-refractivity contribution in [1.82, 2.24) is 9.80 Å². The molecule has 1 aromatic rings. The van der Waals surface area contributed by atoms with E-state index in [-0.39, 0.29) is 11.8 Å². The first kappa shape index (κ1) is 17.7. The van der Waals surface area contributed by atoms with Crippen LogP contribution in [0.25, 0.3) is 6.08 Å². The van der Waals surface area contributed by atoms with Gasteiger partial charge in [0.25, 0.3) is 0 Å². The molecule has 1 aliphatic heterocycles. The Morgan fingerprint density at radius 1 is 0.960 bits per heavy atom. The van der Waals surface area contributed by atoms with Crippen LogP contribution in [0.3, 0.4) is 0 Å². The first-order valence-electron chi connectivity index (χ1n) is 9.52. The minimum Gasteiger partial charge on any atom is -0.339 e. The molecular weight excluding hydrogens is 312 g/mol. The van der Waals surface area contributed by atoms with Crippen LogP contribution in [0.1, 0.15) is 44.1 Å². The molecule has 0 aromatic heterocycles. The summed E-state index contributed by atoms with van der Waals surface area (Å²) < 4.78 is 0. The lowest BCUT2D eigenvalue weighted by Gasteiger charge is -2.36. The Morgan fingerprint density at radius 3 is 2.28 bits per heavy atom. The molecule has 0 spiro atoms. The second-order valence-corrected chi connectivity index (χ2v) is 7.04. The summed E-state index contributed by atoms with van der Waals surface area (Å²) in [6.07, 6.45) is 9.89. The highest BCUT2D eigenvalue weighted by atomic mass is 16.2. The Bertz CT molecular complexity index is 598. The Hall–Kier alpha value is -2.10. The number of piperazine rings is 1. The summed E-state index contributed by atoms with van der Waals surface area (Å²) in [5.74, 6) is 0.756. The Balaban J connectivity index is 1.38. The van der Waals surface area contributed by atoms with Gasteiger partial charge in [0.1, 0.15) is 0 Å². The number of rotatable bonds is 5. The van der Waals surface area contributed by atoms with Gasteiger partial charge in [-0.05, 0) is 24.8 Å². The molecule has 2 amide bonds. The number of nitrogens with zero attached hydrogens (tertiary/aromatic N) is 2. The molecule has 1 saturated heterocycles. The van der Waals surface area contributed by atoms with Crippen LogP contribution in [0, 0.1) is 5.92 Å². The second kappa shape index (κ2) is 8.84. The van der Waals surface area contributed by atoms with Gasteiger partial charge in [-0.3, -0.25) is 9.59 Å². The van der Waals surface area contributed by atoms with Crippen molar-refractivity contribution in [3.63, 3.8) is 0 Å². The zero-order chi connectivity index (χ0) is 17.5. The van der Waals surface area contributed by atoms with Crippen molar-refractivity contribution in [2.45, 2.75) is 38.5 Å². The van der Waals surface area contributed by atoms with Crippen molar-refractivity contribution >= 4 is 17.9 Å². The standard InChI is InChI=1S/C21H28N2O2/c24-20(13-7-4-10-18-8-2-1-3-9-18)22-14-16-23(17-15-22)21(25)19-11-5-6-12-19/h1-4,8-10,19H,5-7,11-17H2. The van der Waals surface area contributed by atoms with Gasteiger partial charge in [0.15, 0.2) is 0 Å². The topological polar surface area (TPSA) is 40.6 Å².